The van der Waals surface area contributed by atoms with Gasteiger partial charge in [-0.25, -0.2) is 4.79 Å². The van der Waals surface area contributed by atoms with Crippen LogP contribution in [-0.4, -0.2) is 25.4 Å². The van der Waals surface area contributed by atoms with E-state index in [0.717, 1.165) is 42.6 Å². The largest absolute Gasteiger partial charge is 0.493 e. The molecule has 7 nitrogen and oxygen atoms in total. The molecule has 0 aliphatic heterocycles. The van der Waals surface area contributed by atoms with Gasteiger partial charge in [0.2, 0.25) is 0 Å². The van der Waals surface area contributed by atoms with E-state index >= 15 is 0 Å². The molecular weight excluding hydrogens is 322 g/mol. The molecule has 0 spiro atoms. The lowest BCUT2D eigenvalue weighted by molar-refractivity contribution is 0.249. The average Bonchev–Trinajstić information content (AvgIpc) is 3.04. The second kappa shape index (κ2) is 7.46. The normalized spacial score (nSPS) is 14.4. The number of hydrogen-bond acceptors (Lipinski definition) is 5. The highest BCUT2D eigenvalue weighted by Gasteiger charge is 2.21. The van der Waals surface area contributed by atoms with Crippen molar-refractivity contribution in [3.05, 3.63) is 35.1 Å². The predicted octanol–water partition coefficient (Wildman–Crippen LogP) is 3.45. The molecule has 0 fully saturated rings. The Morgan fingerprint density at radius 2 is 1.96 bits per heavy atom. The maximum atomic E-state index is 12.3. The number of fused-ring (bicyclic) bond motifs is 1. The van der Waals surface area contributed by atoms with E-state index in [1.807, 2.05) is 25.1 Å². The Hall–Kier alpha value is -2.70. The molecule has 2 amide bonds. The maximum Gasteiger partial charge on any atom is 0.320 e. The molecule has 1 aliphatic carbocycles. The quantitative estimate of drug-likeness (QED) is 0.867. The standard InChI is InChI=1S/C18H23N3O4/c1-11(12-8-9-15(23-2)16(10-12)24-3)19-18(22)20-17-13-6-4-5-7-14(13)25-21-17/h8-11H,4-7H2,1-3H3,(H2,19,20,21,22). The highest BCUT2D eigenvalue weighted by molar-refractivity contribution is 5.89. The zero-order chi connectivity index (χ0) is 17.8. The van der Waals surface area contributed by atoms with Crippen LogP contribution in [0, 0.1) is 0 Å². The Labute approximate surface area is 146 Å². The van der Waals surface area contributed by atoms with Gasteiger partial charge >= 0.3 is 6.03 Å². The van der Waals surface area contributed by atoms with E-state index in [4.69, 9.17) is 14.0 Å². The molecule has 0 saturated heterocycles. The molecule has 25 heavy (non-hydrogen) atoms. The zero-order valence-electron chi connectivity index (χ0n) is 14.7. The number of aryl methyl sites for hydroxylation is 1. The van der Waals surface area contributed by atoms with Crippen molar-refractivity contribution >= 4 is 11.8 Å². The molecule has 1 aromatic heterocycles. The lowest BCUT2D eigenvalue weighted by Crippen LogP contribution is -2.31. The topological polar surface area (TPSA) is 85.6 Å². The number of benzene rings is 1. The van der Waals surface area contributed by atoms with Crippen molar-refractivity contribution in [3.8, 4) is 11.5 Å². The minimum atomic E-state index is -0.316. The molecular formula is C18H23N3O4. The highest BCUT2D eigenvalue weighted by Crippen LogP contribution is 2.30. The first-order valence-electron chi connectivity index (χ1n) is 8.39. The summed E-state index contributed by atoms with van der Waals surface area (Å²) in [6.45, 7) is 1.90. The number of nitrogens with one attached hydrogen (secondary N) is 2. The Bertz CT molecular complexity index is 757. The Kier molecular flexibility index (Phi) is 5.11. The van der Waals surface area contributed by atoms with Crippen LogP contribution < -0.4 is 20.1 Å². The summed E-state index contributed by atoms with van der Waals surface area (Å²) in [6.07, 6.45) is 3.96. The van der Waals surface area contributed by atoms with Crippen molar-refractivity contribution < 1.29 is 18.8 Å². The molecule has 2 aromatic rings. The molecule has 0 bridgehead atoms. The van der Waals surface area contributed by atoms with Crippen LogP contribution in [0.25, 0.3) is 0 Å². The summed E-state index contributed by atoms with van der Waals surface area (Å²) >= 11 is 0. The minimum Gasteiger partial charge on any atom is -0.493 e. The van der Waals surface area contributed by atoms with E-state index in [1.54, 1.807) is 14.2 Å². The van der Waals surface area contributed by atoms with Crippen LogP contribution in [0.2, 0.25) is 0 Å². The van der Waals surface area contributed by atoms with Crippen molar-refractivity contribution in [2.75, 3.05) is 19.5 Å². The average molecular weight is 345 g/mol. The van der Waals surface area contributed by atoms with Crippen LogP contribution in [0.1, 0.15) is 42.7 Å². The number of hydrogen-bond donors (Lipinski definition) is 2. The molecule has 1 unspecified atom stereocenters. The SMILES string of the molecule is COc1ccc(C(C)NC(=O)Nc2noc3c2CCCC3)cc1OC. The van der Waals surface area contributed by atoms with Crippen LogP contribution >= 0.6 is 0 Å². The fraction of sp³-hybridized carbons (Fsp3) is 0.444. The van der Waals surface area contributed by atoms with E-state index < -0.39 is 0 Å². The molecule has 0 saturated carbocycles. The van der Waals surface area contributed by atoms with Gasteiger partial charge < -0.3 is 19.3 Å². The number of amides is 2. The van der Waals surface area contributed by atoms with Gasteiger partial charge in [0.25, 0.3) is 0 Å². The second-order valence-corrected chi connectivity index (χ2v) is 6.07. The molecule has 3 rings (SSSR count). The summed E-state index contributed by atoms with van der Waals surface area (Å²) in [7, 11) is 3.17. The van der Waals surface area contributed by atoms with Gasteiger partial charge in [0.1, 0.15) is 5.76 Å². The van der Waals surface area contributed by atoms with Gasteiger partial charge in [0.05, 0.1) is 20.3 Å². The number of rotatable bonds is 5. The molecule has 1 aromatic carbocycles. The molecule has 1 atom stereocenters. The number of anilines is 1. The zero-order valence-corrected chi connectivity index (χ0v) is 14.7. The molecule has 7 heteroatoms. The molecule has 134 valence electrons. The third-order valence-electron chi connectivity index (χ3n) is 4.44. The third-order valence-corrected chi connectivity index (χ3v) is 4.44. The van der Waals surface area contributed by atoms with E-state index in [0.29, 0.717) is 17.3 Å². The van der Waals surface area contributed by atoms with Crippen molar-refractivity contribution in [3.63, 3.8) is 0 Å². The maximum absolute atomic E-state index is 12.3. The first kappa shape index (κ1) is 17.1. The highest BCUT2D eigenvalue weighted by atomic mass is 16.5. The van der Waals surface area contributed by atoms with Crippen molar-refractivity contribution in [1.82, 2.24) is 10.5 Å². The number of methoxy groups -OCH3 is 2. The molecule has 0 radical (unpaired) electrons. The number of carbonyl (C=O) groups is 1. The Morgan fingerprint density at radius 1 is 1.20 bits per heavy atom. The van der Waals surface area contributed by atoms with E-state index in [2.05, 4.69) is 15.8 Å². The molecule has 2 N–H and O–H groups in total. The lowest BCUT2D eigenvalue weighted by Gasteiger charge is -2.17. The van der Waals surface area contributed by atoms with Crippen LogP contribution in [0.15, 0.2) is 22.7 Å². The van der Waals surface area contributed by atoms with Crippen LogP contribution in [0.3, 0.4) is 0 Å². The summed E-state index contributed by atoms with van der Waals surface area (Å²) in [5.74, 6) is 2.68. The smallest absolute Gasteiger partial charge is 0.320 e. The van der Waals surface area contributed by atoms with Gasteiger partial charge in [-0.3, -0.25) is 5.32 Å². The summed E-state index contributed by atoms with van der Waals surface area (Å²) in [4.78, 5) is 12.3. The van der Waals surface area contributed by atoms with E-state index in [-0.39, 0.29) is 12.1 Å². The summed E-state index contributed by atoms with van der Waals surface area (Å²) in [5, 5.41) is 9.68. The van der Waals surface area contributed by atoms with Gasteiger partial charge in [0, 0.05) is 12.0 Å². The van der Waals surface area contributed by atoms with Crippen molar-refractivity contribution in [2.24, 2.45) is 0 Å². The van der Waals surface area contributed by atoms with Crippen molar-refractivity contribution in [2.45, 2.75) is 38.6 Å². The van der Waals surface area contributed by atoms with E-state index in [9.17, 15) is 4.79 Å². The summed E-state index contributed by atoms with van der Waals surface area (Å²) in [6, 6.07) is 5.04. The lowest BCUT2D eigenvalue weighted by atomic mass is 9.98. The third kappa shape index (κ3) is 3.70. The Balaban J connectivity index is 1.65. The van der Waals surface area contributed by atoms with Crippen LogP contribution in [0.4, 0.5) is 10.6 Å². The van der Waals surface area contributed by atoms with Gasteiger partial charge in [-0.05, 0) is 43.9 Å². The fourth-order valence-corrected chi connectivity index (χ4v) is 3.03. The first-order chi connectivity index (χ1) is 12.1. The van der Waals surface area contributed by atoms with Crippen molar-refractivity contribution in [1.29, 1.82) is 0 Å². The summed E-state index contributed by atoms with van der Waals surface area (Å²) in [5.41, 5.74) is 1.93. The number of carbonyl (C=O) groups excluding carboxylic acids is 1. The molecule has 1 heterocycles. The predicted molar refractivity (Wildman–Crippen MR) is 93.3 cm³/mol. The number of urea groups is 1. The fourth-order valence-electron chi connectivity index (χ4n) is 3.03. The van der Waals surface area contributed by atoms with Crippen LogP contribution in [-0.2, 0) is 12.8 Å². The van der Waals surface area contributed by atoms with Gasteiger partial charge in [-0.1, -0.05) is 11.2 Å². The van der Waals surface area contributed by atoms with E-state index in [1.165, 1.54) is 0 Å². The minimum absolute atomic E-state index is 0.206. The van der Waals surface area contributed by atoms with Gasteiger partial charge in [0.15, 0.2) is 17.3 Å². The van der Waals surface area contributed by atoms with Crippen LogP contribution in [0.5, 0.6) is 11.5 Å². The second-order valence-electron chi connectivity index (χ2n) is 6.07. The number of nitrogens with zero attached hydrogens (tertiary/aromatic N) is 1. The Morgan fingerprint density at radius 3 is 2.72 bits per heavy atom. The first-order valence-corrected chi connectivity index (χ1v) is 8.39. The number of ether oxygens (including phenoxy) is 2. The molecule has 1 aliphatic rings. The monoisotopic (exact) mass is 345 g/mol. The number of aromatic nitrogens is 1. The summed E-state index contributed by atoms with van der Waals surface area (Å²) < 4.78 is 15.8. The van der Waals surface area contributed by atoms with Gasteiger partial charge in [-0.15, -0.1) is 0 Å². The van der Waals surface area contributed by atoms with Gasteiger partial charge in [-0.2, -0.15) is 0 Å².